The summed E-state index contributed by atoms with van der Waals surface area (Å²) in [6.45, 7) is 0. The number of hydrogen-bond donors (Lipinski definition) is 2. The fourth-order valence-electron chi connectivity index (χ4n) is 2.11. The van der Waals surface area contributed by atoms with Gasteiger partial charge in [-0.25, -0.2) is 0 Å². The van der Waals surface area contributed by atoms with E-state index in [9.17, 15) is 0 Å². The average Bonchev–Trinajstić information content (AvgIpc) is 2.90. The molecular formula is C12H12N4S. The van der Waals surface area contributed by atoms with Gasteiger partial charge in [0.05, 0.1) is 11.6 Å². The summed E-state index contributed by atoms with van der Waals surface area (Å²) in [7, 11) is 0. The second-order valence-corrected chi connectivity index (χ2v) is 4.91. The third-order valence-corrected chi connectivity index (χ3v) is 3.83. The first-order chi connectivity index (χ1) is 8.27. The highest BCUT2D eigenvalue weighted by molar-refractivity contribution is 7.97. The highest BCUT2D eigenvalue weighted by atomic mass is 32.2. The number of fused-ring (bicyclic) bond motifs is 1. The molecule has 0 aliphatic carbocycles. The zero-order valence-electron chi connectivity index (χ0n) is 9.18. The Morgan fingerprint density at radius 3 is 3.12 bits per heavy atom. The number of hydrogen-bond acceptors (Lipinski definition) is 3. The van der Waals surface area contributed by atoms with Gasteiger partial charge >= 0.3 is 0 Å². The summed E-state index contributed by atoms with van der Waals surface area (Å²) in [5.41, 5.74) is 9.81. The van der Waals surface area contributed by atoms with Crippen LogP contribution in [0, 0.1) is 5.41 Å². The Balaban J connectivity index is 2.19. The lowest BCUT2D eigenvalue weighted by Gasteiger charge is -2.04. The molecule has 0 saturated heterocycles. The fraction of sp³-hybridized carbons (Fsp3) is 0.167. The maximum atomic E-state index is 7.62. The minimum Gasteiger partial charge on any atom is -0.384 e. The van der Waals surface area contributed by atoms with Gasteiger partial charge in [0.15, 0.2) is 0 Å². The van der Waals surface area contributed by atoms with E-state index in [-0.39, 0.29) is 5.84 Å². The number of nitrogen functional groups attached to an aromatic ring is 1. The summed E-state index contributed by atoms with van der Waals surface area (Å²) in [4.78, 5) is 4.14. The van der Waals surface area contributed by atoms with Crippen LogP contribution in [-0.2, 0) is 11.6 Å². The van der Waals surface area contributed by atoms with Crippen molar-refractivity contribution in [1.29, 1.82) is 5.41 Å². The lowest BCUT2D eigenvalue weighted by molar-refractivity contribution is 0.895. The van der Waals surface area contributed by atoms with Crippen molar-refractivity contribution in [2.75, 3.05) is 0 Å². The maximum absolute atomic E-state index is 7.62. The summed E-state index contributed by atoms with van der Waals surface area (Å²) in [5, 5.41) is 7.62. The van der Waals surface area contributed by atoms with E-state index < -0.39 is 0 Å². The van der Waals surface area contributed by atoms with Gasteiger partial charge < -0.3 is 10.3 Å². The summed E-state index contributed by atoms with van der Waals surface area (Å²) < 4.78 is 2.22. The molecule has 0 aromatic carbocycles. The average molecular weight is 244 g/mol. The molecule has 3 heterocycles. The summed E-state index contributed by atoms with van der Waals surface area (Å²) in [6.07, 6.45) is 3.60. The van der Waals surface area contributed by atoms with Crippen molar-refractivity contribution in [3.63, 3.8) is 0 Å². The number of nitrogens with two attached hydrogens (primary N) is 1. The zero-order valence-corrected chi connectivity index (χ0v) is 10.00. The van der Waals surface area contributed by atoms with E-state index in [1.165, 1.54) is 0 Å². The molecule has 0 saturated carbocycles. The number of amidine groups is 1. The lowest BCUT2D eigenvalue weighted by atomic mass is 10.2. The number of pyridine rings is 1. The van der Waals surface area contributed by atoms with Crippen molar-refractivity contribution in [1.82, 2.24) is 9.55 Å². The number of nitrogens with zero attached hydrogens (tertiary/aromatic N) is 2. The Morgan fingerprint density at radius 2 is 2.41 bits per heavy atom. The molecule has 1 aliphatic heterocycles. The van der Waals surface area contributed by atoms with Gasteiger partial charge in [-0.1, -0.05) is 0 Å². The van der Waals surface area contributed by atoms with E-state index in [2.05, 4.69) is 9.55 Å². The van der Waals surface area contributed by atoms with E-state index in [1.807, 2.05) is 36.2 Å². The van der Waals surface area contributed by atoms with Crippen molar-refractivity contribution in [3.05, 3.63) is 41.9 Å². The van der Waals surface area contributed by atoms with Gasteiger partial charge in [0.2, 0.25) is 0 Å². The van der Waals surface area contributed by atoms with E-state index in [4.69, 9.17) is 11.1 Å². The molecule has 1 aliphatic rings. The van der Waals surface area contributed by atoms with Crippen molar-refractivity contribution < 1.29 is 0 Å². The predicted octanol–water partition coefficient (Wildman–Crippen LogP) is 2.04. The normalized spacial score (nSPS) is 13.6. The largest absolute Gasteiger partial charge is 0.384 e. The first kappa shape index (κ1) is 10.4. The molecule has 2 aromatic heterocycles. The van der Waals surface area contributed by atoms with Crippen LogP contribution in [0.5, 0.6) is 0 Å². The number of aromatic nitrogens is 2. The first-order valence-corrected chi connectivity index (χ1v) is 6.48. The maximum Gasteiger partial charge on any atom is 0.124 e. The smallest absolute Gasteiger partial charge is 0.124 e. The molecule has 0 bridgehead atoms. The molecule has 0 radical (unpaired) electrons. The highest BCUT2D eigenvalue weighted by Gasteiger charge is 2.21. The van der Waals surface area contributed by atoms with Crippen LogP contribution in [0.4, 0.5) is 0 Å². The SMILES string of the molecule is N=C(N)c1cc(-c2cccnc2)n2c1CSC2. The Labute approximate surface area is 103 Å². The van der Waals surface area contributed by atoms with Crippen molar-refractivity contribution >= 4 is 17.6 Å². The summed E-state index contributed by atoms with van der Waals surface area (Å²) >= 11 is 1.84. The molecule has 3 N–H and O–H groups in total. The van der Waals surface area contributed by atoms with Crippen LogP contribution in [0.15, 0.2) is 30.6 Å². The monoisotopic (exact) mass is 244 g/mol. The molecule has 17 heavy (non-hydrogen) atoms. The van der Waals surface area contributed by atoms with Gasteiger partial charge in [0, 0.05) is 35.0 Å². The number of nitrogens with one attached hydrogen (secondary N) is 1. The molecule has 0 amide bonds. The van der Waals surface area contributed by atoms with Gasteiger partial charge in [-0.3, -0.25) is 10.4 Å². The van der Waals surface area contributed by atoms with Crippen LogP contribution in [0.25, 0.3) is 11.3 Å². The molecule has 5 heteroatoms. The van der Waals surface area contributed by atoms with Gasteiger partial charge in [-0.15, -0.1) is 11.8 Å². The quantitative estimate of drug-likeness (QED) is 0.627. The molecular weight excluding hydrogens is 232 g/mol. The van der Waals surface area contributed by atoms with E-state index in [1.54, 1.807) is 6.20 Å². The molecule has 2 aromatic rings. The van der Waals surface area contributed by atoms with Crippen molar-refractivity contribution in [2.24, 2.45) is 5.73 Å². The standard InChI is InChI=1S/C12H12N4S/c13-12(14)9-4-10(8-2-1-3-15-5-8)16-7-17-6-11(9)16/h1-5H,6-7H2,(H3,13,14). The molecule has 0 atom stereocenters. The number of rotatable bonds is 2. The lowest BCUT2D eigenvalue weighted by Crippen LogP contribution is -2.12. The molecule has 0 spiro atoms. The van der Waals surface area contributed by atoms with Crippen LogP contribution in [-0.4, -0.2) is 15.4 Å². The van der Waals surface area contributed by atoms with Gasteiger partial charge in [-0.2, -0.15) is 0 Å². The van der Waals surface area contributed by atoms with E-state index in [0.29, 0.717) is 0 Å². The fourth-order valence-corrected chi connectivity index (χ4v) is 3.19. The molecule has 3 rings (SSSR count). The van der Waals surface area contributed by atoms with E-state index in [0.717, 1.165) is 34.1 Å². The van der Waals surface area contributed by atoms with E-state index >= 15 is 0 Å². The third kappa shape index (κ3) is 1.63. The molecule has 4 nitrogen and oxygen atoms in total. The molecule has 86 valence electrons. The molecule has 0 fully saturated rings. The summed E-state index contributed by atoms with van der Waals surface area (Å²) in [5.74, 6) is 1.99. The Morgan fingerprint density at radius 1 is 1.53 bits per heavy atom. The van der Waals surface area contributed by atoms with Crippen LogP contribution in [0.1, 0.15) is 11.3 Å². The van der Waals surface area contributed by atoms with Crippen LogP contribution in [0.3, 0.4) is 0 Å². The van der Waals surface area contributed by atoms with Crippen LogP contribution >= 0.6 is 11.8 Å². The minimum atomic E-state index is 0.145. The second-order valence-electron chi connectivity index (χ2n) is 3.95. The predicted molar refractivity (Wildman–Crippen MR) is 70.0 cm³/mol. The van der Waals surface area contributed by atoms with Gasteiger partial charge in [0.1, 0.15) is 5.84 Å². The summed E-state index contributed by atoms with van der Waals surface area (Å²) in [6, 6.07) is 5.95. The second kappa shape index (κ2) is 3.92. The third-order valence-electron chi connectivity index (χ3n) is 2.92. The van der Waals surface area contributed by atoms with Crippen molar-refractivity contribution in [2.45, 2.75) is 11.6 Å². The Kier molecular flexibility index (Phi) is 2.40. The highest BCUT2D eigenvalue weighted by Crippen LogP contribution is 2.34. The van der Waals surface area contributed by atoms with Crippen LogP contribution in [0.2, 0.25) is 0 Å². The topological polar surface area (TPSA) is 67.7 Å². The number of thioether (sulfide) groups is 1. The van der Waals surface area contributed by atoms with Gasteiger partial charge in [-0.05, 0) is 18.2 Å². The Hall–Kier alpha value is -1.75. The van der Waals surface area contributed by atoms with Crippen LogP contribution < -0.4 is 5.73 Å². The minimum absolute atomic E-state index is 0.145. The van der Waals surface area contributed by atoms with Gasteiger partial charge in [0.25, 0.3) is 0 Å². The zero-order chi connectivity index (χ0) is 11.8. The van der Waals surface area contributed by atoms with Crippen molar-refractivity contribution in [3.8, 4) is 11.3 Å². The first-order valence-electron chi connectivity index (χ1n) is 5.32. The molecule has 0 unspecified atom stereocenters. The Bertz CT molecular complexity index is 574.